The van der Waals surface area contributed by atoms with E-state index in [2.05, 4.69) is 48.1 Å². The number of rotatable bonds is 6. The lowest BCUT2D eigenvalue weighted by Crippen LogP contribution is -2.19. The topological polar surface area (TPSA) is 60.0 Å². The molecule has 0 bridgehead atoms. The first-order valence-corrected chi connectivity index (χ1v) is 6.63. The Bertz CT molecular complexity index is 547. The van der Waals surface area contributed by atoms with Crippen molar-refractivity contribution in [1.29, 1.82) is 0 Å². The van der Waals surface area contributed by atoms with Crippen LogP contribution in [-0.4, -0.2) is 17.0 Å². The van der Waals surface area contributed by atoms with Gasteiger partial charge in [-0.2, -0.15) is 0 Å². The summed E-state index contributed by atoms with van der Waals surface area (Å²) in [6.07, 6.45) is 1.24. The normalized spacial score (nSPS) is 11.1. The zero-order valence-corrected chi connectivity index (χ0v) is 11.6. The number of carbonyl (C=O) groups is 1. The lowest BCUT2D eigenvalue weighted by molar-refractivity contribution is -0.118. The van der Waals surface area contributed by atoms with Crippen LogP contribution in [0.4, 0.5) is 0 Å². The van der Waals surface area contributed by atoms with Crippen molar-refractivity contribution in [3.63, 3.8) is 0 Å². The molecule has 2 rings (SSSR count). The summed E-state index contributed by atoms with van der Waals surface area (Å²) in [6.45, 7) is 3.78. The smallest absolute Gasteiger partial charge is 0.217 e. The van der Waals surface area contributed by atoms with Gasteiger partial charge < -0.3 is 15.6 Å². The third kappa shape index (κ3) is 2.96. The summed E-state index contributed by atoms with van der Waals surface area (Å²) in [5.41, 5.74) is 8.98. The summed E-state index contributed by atoms with van der Waals surface area (Å²) >= 11 is 0. The van der Waals surface area contributed by atoms with Crippen molar-refractivity contribution in [3.05, 3.63) is 35.5 Å². The number of carbonyl (C=O) groups excluding carboxylic acids is 1. The van der Waals surface area contributed by atoms with Gasteiger partial charge >= 0.3 is 0 Å². The molecule has 0 saturated carbocycles. The number of nitrogens with one attached hydrogen (secondary N) is 1. The Morgan fingerprint density at radius 1 is 1.37 bits per heavy atom. The summed E-state index contributed by atoms with van der Waals surface area (Å²) in [7, 11) is 2.09. The minimum atomic E-state index is -0.234. The molecule has 1 aromatic heterocycles. The van der Waals surface area contributed by atoms with Gasteiger partial charge in [0.2, 0.25) is 5.91 Å². The maximum Gasteiger partial charge on any atom is 0.217 e. The fourth-order valence-electron chi connectivity index (χ4n) is 2.48. The minimum Gasteiger partial charge on any atom is -0.370 e. The van der Waals surface area contributed by atoms with Gasteiger partial charge in [-0.05, 0) is 31.5 Å². The average Bonchev–Trinajstić information content (AvgIpc) is 2.63. The Morgan fingerprint density at radius 3 is 2.79 bits per heavy atom. The van der Waals surface area contributed by atoms with Gasteiger partial charge in [-0.1, -0.05) is 18.2 Å². The van der Waals surface area contributed by atoms with Crippen LogP contribution in [0.5, 0.6) is 0 Å². The molecule has 0 spiro atoms. The Kier molecular flexibility index (Phi) is 4.22. The Labute approximate surface area is 113 Å². The molecular weight excluding hydrogens is 238 g/mol. The summed E-state index contributed by atoms with van der Waals surface area (Å²) in [4.78, 5) is 10.6. The van der Waals surface area contributed by atoms with E-state index in [0.717, 1.165) is 19.5 Å². The van der Waals surface area contributed by atoms with Gasteiger partial charge in [-0.25, -0.2) is 0 Å². The molecule has 0 unspecified atom stereocenters. The second kappa shape index (κ2) is 5.89. The number of fused-ring (bicyclic) bond motifs is 1. The highest BCUT2D eigenvalue weighted by molar-refractivity contribution is 5.85. The summed E-state index contributed by atoms with van der Waals surface area (Å²) in [6, 6.07) is 8.42. The molecule has 0 fully saturated rings. The highest BCUT2D eigenvalue weighted by Crippen LogP contribution is 2.24. The van der Waals surface area contributed by atoms with Crippen LogP contribution in [0.2, 0.25) is 0 Å². The largest absolute Gasteiger partial charge is 0.370 e. The van der Waals surface area contributed by atoms with Crippen molar-refractivity contribution in [3.8, 4) is 0 Å². The number of primary amides is 1. The number of aryl methyl sites for hydroxylation is 2. The first kappa shape index (κ1) is 13.6. The third-order valence-corrected chi connectivity index (χ3v) is 3.58. The quantitative estimate of drug-likeness (QED) is 0.778. The van der Waals surface area contributed by atoms with Crippen molar-refractivity contribution in [2.24, 2.45) is 12.8 Å². The van der Waals surface area contributed by atoms with E-state index in [4.69, 9.17) is 5.73 Å². The molecule has 2 aromatic rings. The standard InChI is InChI=1S/C15H21N3O/c1-11-12-6-3-4-7-13(12)18(2)14(11)10-17-9-5-8-15(16)19/h3-4,6-7,17H,5,8-10H2,1-2H3,(H2,16,19). The van der Waals surface area contributed by atoms with Crippen LogP contribution < -0.4 is 11.1 Å². The third-order valence-electron chi connectivity index (χ3n) is 3.58. The lowest BCUT2D eigenvalue weighted by atomic mass is 10.1. The molecule has 102 valence electrons. The molecular formula is C15H21N3O. The molecule has 3 N–H and O–H groups in total. The van der Waals surface area contributed by atoms with Crippen LogP contribution in [0.3, 0.4) is 0 Å². The molecule has 1 heterocycles. The number of hydrogen-bond donors (Lipinski definition) is 2. The number of aromatic nitrogens is 1. The van der Waals surface area contributed by atoms with Crippen molar-refractivity contribution >= 4 is 16.8 Å². The van der Waals surface area contributed by atoms with Gasteiger partial charge in [0.1, 0.15) is 0 Å². The van der Waals surface area contributed by atoms with Crippen LogP contribution in [0.1, 0.15) is 24.1 Å². The zero-order valence-electron chi connectivity index (χ0n) is 11.6. The predicted octanol–water partition coefficient (Wildman–Crippen LogP) is 1.84. The van der Waals surface area contributed by atoms with Crippen LogP contribution in [0.25, 0.3) is 10.9 Å². The average molecular weight is 259 g/mol. The van der Waals surface area contributed by atoms with Gasteiger partial charge in [0, 0.05) is 36.6 Å². The molecule has 0 aliphatic carbocycles. The van der Waals surface area contributed by atoms with Crippen molar-refractivity contribution in [2.45, 2.75) is 26.3 Å². The van der Waals surface area contributed by atoms with Gasteiger partial charge in [0.25, 0.3) is 0 Å². The second-order valence-electron chi connectivity index (χ2n) is 4.89. The number of hydrogen-bond acceptors (Lipinski definition) is 2. The second-order valence-corrected chi connectivity index (χ2v) is 4.89. The molecule has 0 aliphatic heterocycles. The van der Waals surface area contributed by atoms with Crippen molar-refractivity contribution in [2.75, 3.05) is 6.54 Å². The minimum absolute atomic E-state index is 0.234. The highest BCUT2D eigenvalue weighted by atomic mass is 16.1. The van der Waals surface area contributed by atoms with E-state index in [1.165, 1.54) is 22.2 Å². The van der Waals surface area contributed by atoms with Crippen LogP contribution >= 0.6 is 0 Å². The fraction of sp³-hybridized carbons (Fsp3) is 0.400. The number of benzene rings is 1. The van der Waals surface area contributed by atoms with Gasteiger partial charge in [-0.15, -0.1) is 0 Å². The highest BCUT2D eigenvalue weighted by Gasteiger charge is 2.10. The van der Waals surface area contributed by atoms with Crippen LogP contribution in [0.15, 0.2) is 24.3 Å². The zero-order chi connectivity index (χ0) is 13.8. The van der Waals surface area contributed by atoms with E-state index >= 15 is 0 Å². The van der Waals surface area contributed by atoms with E-state index in [-0.39, 0.29) is 5.91 Å². The van der Waals surface area contributed by atoms with E-state index in [1.807, 2.05) is 0 Å². The van der Waals surface area contributed by atoms with Gasteiger partial charge in [0.05, 0.1) is 0 Å². The SMILES string of the molecule is Cc1c(CNCCCC(N)=O)n(C)c2ccccc12. The summed E-state index contributed by atoms with van der Waals surface area (Å²) < 4.78 is 2.23. The Hall–Kier alpha value is -1.81. The van der Waals surface area contributed by atoms with Gasteiger partial charge in [-0.3, -0.25) is 4.79 Å². The number of nitrogens with two attached hydrogens (primary N) is 1. The molecule has 0 radical (unpaired) electrons. The van der Waals surface area contributed by atoms with Crippen LogP contribution in [-0.2, 0) is 18.4 Å². The number of para-hydroxylation sites is 1. The lowest BCUT2D eigenvalue weighted by Gasteiger charge is -2.07. The van der Waals surface area contributed by atoms with E-state index in [0.29, 0.717) is 6.42 Å². The van der Waals surface area contributed by atoms with Gasteiger partial charge in [0.15, 0.2) is 0 Å². The molecule has 0 aliphatic rings. The van der Waals surface area contributed by atoms with Crippen LogP contribution in [0, 0.1) is 6.92 Å². The van der Waals surface area contributed by atoms with E-state index in [9.17, 15) is 4.79 Å². The number of nitrogens with zero attached hydrogens (tertiary/aromatic N) is 1. The fourth-order valence-corrected chi connectivity index (χ4v) is 2.48. The number of amides is 1. The first-order chi connectivity index (χ1) is 9.11. The van der Waals surface area contributed by atoms with Crippen molar-refractivity contribution < 1.29 is 4.79 Å². The monoisotopic (exact) mass is 259 g/mol. The molecule has 19 heavy (non-hydrogen) atoms. The first-order valence-electron chi connectivity index (χ1n) is 6.63. The molecule has 1 amide bonds. The van der Waals surface area contributed by atoms with Crippen molar-refractivity contribution in [1.82, 2.24) is 9.88 Å². The predicted molar refractivity (Wildman–Crippen MR) is 77.8 cm³/mol. The van der Waals surface area contributed by atoms with E-state index in [1.54, 1.807) is 0 Å². The van der Waals surface area contributed by atoms with E-state index < -0.39 is 0 Å². The maximum atomic E-state index is 10.6. The molecule has 0 atom stereocenters. The molecule has 0 saturated heterocycles. The molecule has 1 aromatic carbocycles. The Morgan fingerprint density at radius 2 is 2.11 bits per heavy atom. The Balaban J connectivity index is 2.03. The molecule has 4 nitrogen and oxygen atoms in total. The summed E-state index contributed by atoms with van der Waals surface area (Å²) in [5, 5.41) is 4.68. The molecule has 4 heteroatoms. The summed E-state index contributed by atoms with van der Waals surface area (Å²) in [5.74, 6) is -0.234. The maximum absolute atomic E-state index is 10.6.